The first-order chi connectivity index (χ1) is 12.7. The lowest BCUT2D eigenvalue weighted by Crippen LogP contribution is -2.44. The van der Waals surface area contributed by atoms with Crippen LogP contribution in [0.4, 0.5) is 16.2 Å². The quantitative estimate of drug-likeness (QED) is 0.785. The molecule has 138 valence electrons. The fourth-order valence-electron chi connectivity index (χ4n) is 3.13. The Morgan fingerprint density at radius 1 is 0.962 bits per heavy atom. The Balaban J connectivity index is 1.38. The van der Waals surface area contributed by atoms with Gasteiger partial charge >= 0.3 is 6.03 Å². The number of urea groups is 1. The SMILES string of the molecule is CN1CCN(c2ccc(NC(=O)NCCCc3ccccc3)cc2)CC1. The molecule has 1 fully saturated rings. The van der Waals surface area contributed by atoms with Crippen LogP contribution in [0.2, 0.25) is 0 Å². The second-order valence-electron chi connectivity index (χ2n) is 6.81. The fourth-order valence-corrected chi connectivity index (χ4v) is 3.13. The van der Waals surface area contributed by atoms with Gasteiger partial charge in [-0.25, -0.2) is 4.79 Å². The Bertz CT molecular complexity index is 679. The summed E-state index contributed by atoms with van der Waals surface area (Å²) < 4.78 is 0. The number of amides is 2. The van der Waals surface area contributed by atoms with Gasteiger partial charge in [0.05, 0.1) is 0 Å². The zero-order chi connectivity index (χ0) is 18.2. The largest absolute Gasteiger partial charge is 0.369 e. The molecule has 3 rings (SSSR count). The van der Waals surface area contributed by atoms with Crippen molar-refractivity contribution >= 4 is 17.4 Å². The van der Waals surface area contributed by atoms with E-state index in [-0.39, 0.29) is 6.03 Å². The van der Waals surface area contributed by atoms with Gasteiger partial charge in [-0.15, -0.1) is 0 Å². The fraction of sp³-hybridized carbons (Fsp3) is 0.381. The van der Waals surface area contributed by atoms with Gasteiger partial charge in [0.2, 0.25) is 0 Å². The third-order valence-electron chi connectivity index (χ3n) is 4.76. The van der Waals surface area contributed by atoms with Crippen LogP contribution in [0, 0.1) is 0 Å². The van der Waals surface area contributed by atoms with Crippen molar-refractivity contribution in [2.24, 2.45) is 0 Å². The van der Waals surface area contributed by atoms with Crippen LogP contribution in [0.25, 0.3) is 0 Å². The summed E-state index contributed by atoms with van der Waals surface area (Å²) in [5, 5.41) is 5.82. The smallest absolute Gasteiger partial charge is 0.319 e. The predicted octanol–water partition coefficient (Wildman–Crippen LogP) is 3.19. The van der Waals surface area contributed by atoms with Crippen LogP contribution in [0.5, 0.6) is 0 Å². The van der Waals surface area contributed by atoms with Gasteiger partial charge in [-0.1, -0.05) is 30.3 Å². The lowest BCUT2D eigenvalue weighted by atomic mass is 10.1. The van der Waals surface area contributed by atoms with Crippen molar-refractivity contribution in [3.8, 4) is 0 Å². The molecular weight excluding hydrogens is 324 g/mol. The lowest BCUT2D eigenvalue weighted by Gasteiger charge is -2.34. The standard InChI is InChI=1S/C21H28N4O/c1-24-14-16-25(17-15-24)20-11-9-19(10-12-20)23-21(26)22-13-5-8-18-6-3-2-4-7-18/h2-4,6-7,9-12H,5,8,13-17H2,1H3,(H2,22,23,26). The van der Waals surface area contributed by atoms with Gasteiger partial charge in [0.1, 0.15) is 0 Å². The Labute approximate surface area is 156 Å². The van der Waals surface area contributed by atoms with Gasteiger partial charge < -0.3 is 20.4 Å². The predicted molar refractivity (Wildman–Crippen MR) is 108 cm³/mol. The van der Waals surface area contributed by atoms with E-state index in [0.717, 1.165) is 44.7 Å². The molecule has 1 aliphatic rings. The first-order valence-corrected chi connectivity index (χ1v) is 9.33. The van der Waals surface area contributed by atoms with Gasteiger partial charge in [-0.3, -0.25) is 0 Å². The number of nitrogens with one attached hydrogen (secondary N) is 2. The molecule has 5 heteroatoms. The third kappa shape index (κ3) is 5.49. The first-order valence-electron chi connectivity index (χ1n) is 9.33. The molecule has 0 atom stereocenters. The van der Waals surface area contributed by atoms with Crippen molar-refractivity contribution < 1.29 is 4.79 Å². The molecule has 2 amide bonds. The Hall–Kier alpha value is -2.53. The van der Waals surface area contributed by atoms with Gasteiger partial charge in [-0.05, 0) is 49.7 Å². The van der Waals surface area contributed by atoms with Crippen molar-refractivity contribution in [3.05, 3.63) is 60.2 Å². The van der Waals surface area contributed by atoms with E-state index in [2.05, 4.69) is 51.7 Å². The van der Waals surface area contributed by atoms with Gasteiger partial charge in [0, 0.05) is 44.1 Å². The molecule has 0 unspecified atom stereocenters. The molecule has 0 radical (unpaired) electrons. The highest BCUT2D eigenvalue weighted by Crippen LogP contribution is 2.19. The molecule has 0 saturated carbocycles. The van der Waals surface area contributed by atoms with Crippen LogP contribution in [0.3, 0.4) is 0 Å². The first kappa shape index (κ1) is 18.3. The van der Waals surface area contributed by atoms with Crippen LogP contribution in [-0.2, 0) is 6.42 Å². The molecule has 0 aliphatic carbocycles. The highest BCUT2D eigenvalue weighted by Gasteiger charge is 2.14. The normalized spacial score (nSPS) is 14.9. The van der Waals surface area contributed by atoms with E-state index in [0.29, 0.717) is 6.54 Å². The second kappa shape index (κ2) is 9.25. The van der Waals surface area contributed by atoms with E-state index in [1.54, 1.807) is 0 Å². The highest BCUT2D eigenvalue weighted by atomic mass is 16.2. The number of hydrogen-bond acceptors (Lipinski definition) is 3. The lowest BCUT2D eigenvalue weighted by molar-refractivity contribution is 0.252. The summed E-state index contributed by atoms with van der Waals surface area (Å²) in [5.74, 6) is 0. The number of carbonyl (C=O) groups is 1. The summed E-state index contributed by atoms with van der Waals surface area (Å²) in [6.07, 6.45) is 1.90. The minimum atomic E-state index is -0.148. The molecule has 0 spiro atoms. The third-order valence-corrected chi connectivity index (χ3v) is 4.76. The zero-order valence-corrected chi connectivity index (χ0v) is 15.4. The van der Waals surface area contributed by atoms with Crippen LogP contribution in [0.15, 0.2) is 54.6 Å². The van der Waals surface area contributed by atoms with Crippen molar-refractivity contribution in [1.29, 1.82) is 0 Å². The number of carbonyl (C=O) groups excluding carboxylic acids is 1. The van der Waals surface area contributed by atoms with E-state index in [9.17, 15) is 4.79 Å². The van der Waals surface area contributed by atoms with Crippen molar-refractivity contribution in [2.75, 3.05) is 50.0 Å². The van der Waals surface area contributed by atoms with Crippen LogP contribution in [0.1, 0.15) is 12.0 Å². The minimum Gasteiger partial charge on any atom is -0.369 e. The number of piperazine rings is 1. The number of benzene rings is 2. The molecule has 0 bridgehead atoms. The summed E-state index contributed by atoms with van der Waals surface area (Å²) in [5.41, 5.74) is 3.34. The number of anilines is 2. The Kier molecular flexibility index (Phi) is 6.50. The second-order valence-corrected chi connectivity index (χ2v) is 6.81. The van der Waals surface area contributed by atoms with Gasteiger partial charge in [0.25, 0.3) is 0 Å². The van der Waals surface area contributed by atoms with E-state index in [1.165, 1.54) is 11.3 Å². The number of rotatable bonds is 6. The van der Waals surface area contributed by atoms with E-state index in [4.69, 9.17) is 0 Å². The van der Waals surface area contributed by atoms with E-state index in [1.807, 2.05) is 30.3 Å². The molecule has 5 nitrogen and oxygen atoms in total. The molecule has 1 heterocycles. The van der Waals surface area contributed by atoms with Crippen molar-refractivity contribution in [2.45, 2.75) is 12.8 Å². The van der Waals surface area contributed by atoms with E-state index < -0.39 is 0 Å². The molecule has 1 saturated heterocycles. The van der Waals surface area contributed by atoms with Crippen molar-refractivity contribution in [3.63, 3.8) is 0 Å². The molecule has 2 aromatic carbocycles. The minimum absolute atomic E-state index is 0.148. The van der Waals surface area contributed by atoms with Crippen LogP contribution < -0.4 is 15.5 Å². The van der Waals surface area contributed by atoms with Crippen LogP contribution >= 0.6 is 0 Å². The average Bonchev–Trinajstić information content (AvgIpc) is 2.67. The summed E-state index contributed by atoms with van der Waals surface area (Å²) >= 11 is 0. The Morgan fingerprint density at radius 2 is 1.65 bits per heavy atom. The topological polar surface area (TPSA) is 47.6 Å². The van der Waals surface area contributed by atoms with Gasteiger partial charge in [0.15, 0.2) is 0 Å². The molecule has 2 aromatic rings. The Morgan fingerprint density at radius 3 is 2.35 bits per heavy atom. The maximum Gasteiger partial charge on any atom is 0.319 e. The molecule has 2 N–H and O–H groups in total. The number of likely N-dealkylation sites (N-methyl/N-ethyl adjacent to an activating group) is 1. The molecule has 0 aromatic heterocycles. The maximum absolute atomic E-state index is 12.0. The zero-order valence-electron chi connectivity index (χ0n) is 15.4. The highest BCUT2D eigenvalue weighted by molar-refractivity contribution is 5.89. The molecule has 1 aliphatic heterocycles. The molecule has 26 heavy (non-hydrogen) atoms. The summed E-state index contributed by atoms with van der Waals surface area (Å²) in [4.78, 5) is 16.7. The number of nitrogens with zero attached hydrogens (tertiary/aromatic N) is 2. The average molecular weight is 352 g/mol. The summed E-state index contributed by atoms with van der Waals surface area (Å²) in [6.45, 7) is 4.94. The van der Waals surface area contributed by atoms with Crippen LogP contribution in [-0.4, -0.2) is 50.7 Å². The number of hydrogen-bond donors (Lipinski definition) is 2. The number of aryl methyl sites for hydroxylation is 1. The van der Waals surface area contributed by atoms with Crippen molar-refractivity contribution in [1.82, 2.24) is 10.2 Å². The summed E-state index contributed by atoms with van der Waals surface area (Å²) in [6, 6.07) is 18.3. The molecular formula is C21H28N4O. The monoisotopic (exact) mass is 352 g/mol. The van der Waals surface area contributed by atoms with Gasteiger partial charge in [-0.2, -0.15) is 0 Å². The maximum atomic E-state index is 12.0. The van der Waals surface area contributed by atoms with E-state index >= 15 is 0 Å². The summed E-state index contributed by atoms with van der Waals surface area (Å²) in [7, 11) is 2.16.